The first-order chi connectivity index (χ1) is 12.3. The molecule has 7 nitrogen and oxygen atoms in total. The number of benzene rings is 1. The van der Waals surface area contributed by atoms with E-state index in [1.807, 2.05) is 31.2 Å². The predicted molar refractivity (Wildman–Crippen MR) is 103 cm³/mol. The van der Waals surface area contributed by atoms with Crippen LogP contribution >= 0.6 is 11.6 Å². The van der Waals surface area contributed by atoms with Crippen LogP contribution in [0.3, 0.4) is 0 Å². The van der Waals surface area contributed by atoms with Gasteiger partial charge < -0.3 is 4.90 Å². The number of sulfonamides is 1. The number of halogens is 1. The topological polar surface area (TPSA) is 79.6 Å². The number of nitrogens with zero attached hydrogens (tertiary/aromatic N) is 4. The number of hydrogen-bond donors (Lipinski definition) is 1. The highest BCUT2D eigenvalue weighted by Gasteiger charge is 2.25. The van der Waals surface area contributed by atoms with Gasteiger partial charge in [-0.2, -0.15) is 5.10 Å². The summed E-state index contributed by atoms with van der Waals surface area (Å²) in [5.41, 5.74) is 2.35. The van der Waals surface area contributed by atoms with Gasteiger partial charge in [0.1, 0.15) is 10.8 Å². The smallest absolute Gasteiger partial charge is 0.208 e. The minimum absolute atomic E-state index is 0.0305. The summed E-state index contributed by atoms with van der Waals surface area (Å²) in [6.07, 6.45) is 2.67. The Morgan fingerprint density at radius 1 is 1.23 bits per heavy atom. The molecule has 0 saturated carbocycles. The highest BCUT2D eigenvalue weighted by atomic mass is 35.5. The predicted octanol–water partition coefficient (Wildman–Crippen LogP) is 2.36. The van der Waals surface area contributed by atoms with Gasteiger partial charge in [0.05, 0.1) is 17.5 Å². The molecular formula is C17H20ClN5O2S. The van der Waals surface area contributed by atoms with Crippen molar-refractivity contribution in [2.24, 2.45) is 0 Å². The highest BCUT2D eigenvalue weighted by Crippen LogP contribution is 2.31. The second-order valence-corrected chi connectivity index (χ2v) is 8.90. The first-order valence-corrected chi connectivity index (χ1v) is 10.8. The van der Waals surface area contributed by atoms with E-state index in [0.717, 1.165) is 48.3 Å². The highest BCUT2D eigenvalue weighted by molar-refractivity contribution is 7.88. The molecule has 0 atom stereocenters. The van der Waals surface area contributed by atoms with Gasteiger partial charge in [-0.05, 0) is 31.9 Å². The number of aromatic nitrogens is 3. The van der Waals surface area contributed by atoms with Crippen LogP contribution in [0, 0.1) is 6.92 Å². The Labute approximate surface area is 157 Å². The summed E-state index contributed by atoms with van der Waals surface area (Å²) in [7, 11) is -3.19. The summed E-state index contributed by atoms with van der Waals surface area (Å²) in [6.45, 7) is 3.32. The number of rotatable bonds is 3. The maximum atomic E-state index is 11.5. The van der Waals surface area contributed by atoms with Gasteiger partial charge in [-0.3, -0.25) is 0 Å². The molecule has 0 amide bonds. The van der Waals surface area contributed by atoms with Crippen LogP contribution in [0.1, 0.15) is 18.5 Å². The van der Waals surface area contributed by atoms with E-state index < -0.39 is 10.0 Å². The summed E-state index contributed by atoms with van der Waals surface area (Å²) in [4.78, 5) is 7.00. The number of nitrogens with one attached hydrogen (secondary N) is 1. The molecular weight excluding hydrogens is 374 g/mol. The van der Waals surface area contributed by atoms with Gasteiger partial charge in [0.2, 0.25) is 10.0 Å². The zero-order chi connectivity index (χ0) is 18.5. The van der Waals surface area contributed by atoms with Crippen molar-refractivity contribution < 1.29 is 8.42 Å². The number of fused-ring (bicyclic) bond motifs is 3. The molecule has 1 fully saturated rings. The number of anilines is 1. The molecule has 26 heavy (non-hydrogen) atoms. The fourth-order valence-corrected chi connectivity index (χ4v) is 4.52. The van der Waals surface area contributed by atoms with Crippen molar-refractivity contribution in [3.05, 3.63) is 35.0 Å². The minimum Gasteiger partial charge on any atom is -0.356 e. The second kappa shape index (κ2) is 6.37. The Balaban J connectivity index is 1.73. The van der Waals surface area contributed by atoms with Crippen molar-refractivity contribution in [3.63, 3.8) is 0 Å². The molecule has 0 unspecified atom stereocenters. The molecule has 1 aliphatic heterocycles. The quantitative estimate of drug-likeness (QED) is 0.738. The summed E-state index contributed by atoms with van der Waals surface area (Å²) in [5.74, 6) is 0.868. The third-order valence-corrected chi connectivity index (χ3v) is 5.93. The molecule has 1 aromatic carbocycles. The lowest BCUT2D eigenvalue weighted by molar-refractivity contribution is 0.460. The summed E-state index contributed by atoms with van der Waals surface area (Å²) in [5, 5.41) is 6.08. The Kier molecular flexibility index (Phi) is 4.29. The lowest BCUT2D eigenvalue weighted by Gasteiger charge is -2.33. The van der Waals surface area contributed by atoms with E-state index in [2.05, 4.69) is 14.7 Å². The van der Waals surface area contributed by atoms with Gasteiger partial charge in [-0.15, -0.1) is 0 Å². The van der Waals surface area contributed by atoms with Crippen LogP contribution < -0.4 is 9.62 Å². The zero-order valence-corrected chi connectivity index (χ0v) is 16.2. The first kappa shape index (κ1) is 17.5. The Morgan fingerprint density at radius 3 is 2.62 bits per heavy atom. The molecule has 9 heteroatoms. The van der Waals surface area contributed by atoms with Crippen LogP contribution in [0.4, 0.5) is 5.82 Å². The Bertz CT molecular complexity index is 1090. The lowest BCUT2D eigenvalue weighted by Crippen LogP contribution is -2.44. The molecule has 2 aromatic heterocycles. The molecule has 1 aliphatic rings. The zero-order valence-electron chi connectivity index (χ0n) is 14.6. The number of aryl methyl sites for hydroxylation is 1. The fourth-order valence-electron chi connectivity index (χ4n) is 3.52. The lowest BCUT2D eigenvalue weighted by atomic mass is 10.1. The van der Waals surface area contributed by atoms with E-state index in [0.29, 0.717) is 10.7 Å². The maximum Gasteiger partial charge on any atom is 0.208 e. The standard InChI is InChI=1S/C17H20ClN5O2S/c1-11-15(18)17-19-16(13-5-3-4-6-14(13)23(17)20-11)22-9-7-12(8-10-22)21-26(2,24)25/h3-6,12,21H,7-10H2,1-2H3. The maximum absolute atomic E-state index is 11.5. The summed E-state index contributed by atoms with van der Waals surface area (Å²) >= 11 is 6.41. The molecule has 0 aliphatic carbocycles. The van der Waals surface area contributed by atoms with Gasteiger partial charge in [0.25, 0.3) is 0 Å². The largest absolute Gasteiger partial charge is 0.356 e. The summed E-state index contributed by atoms with van der Waals surface area (Å²) < 4.78 is 27.4. The van der Waals surface area contributed by atoms with Crippen molar-refractivity contribution in [2.75, 3.05) is 24.2 Å². The molecule has 138 valence electrons. The van der Waals surface area contributed by atoms with Crippen molar-refractivity contribution in [1.82, 2.24) is 19.3 Å². The Morgan fingerprint density at radius 2 is 1.92 bits per heavy atom. The van der Waals surface area contributed by atoms with E-state index in [4.69, 9.17) is 16.6 Å². The number of piperidine rings is 1. The first-order valence-electron chi connectivity index (χ1n) is 8.49. The SMILES string of the molecule is Cc1nn2c(nc(N3CCC(NS(C)(=O)=O)CC3)c3ccccc32)c1Cl. The van der Waals surface area contributed by atoms with Crippen LogP contribution in [0.25, 0.3) is 16.6 Å². The molecule has 0 bridgehead atoms. The van der Waals surface area contributed by atoms with E-state index in [-0.39, 0.29) is 6.04 Å². The molecule has 1 saturated heterocycles. The second-order valence-electron chi connectivity index (χ2n) is 6.74. The van der Waals surface area contributed by atoms with E-state index in [1.165, 1.54) is 6.26 Å². The molecule has 3 heterocycles. The van der Waals surface area contributed by atoms with Crippen molar-refractivity contribution in [3.8, 4) is 0 Å². The van der Waals surface area contributed by atoms with Gasteiger partial charge in [-0.1, -0.05) is 23.7 Å². The monoisotopic (exact) mass is 393 g/mol. The molecule has 0 spiro atoms. The number of para-hydroxylation sites is 1. The van der Waals surface area contributed by atoms with Crippen LogP contribution in [0.5, 0.6) is 0 Å². The van der Waals surface area contributed by atoms with E-state index in [1.54, 1.807) is 4.52 Å². The van der Waals surface area contributed by atoms with Crippen molar-refractivity contribution in [1.29, 1.82) is 0 Å². The van der Waals surface area contributed by atoms with Gasteiger partial charge in [0.15, 0.2) is 5.65 Å². The van der Waals surface area contributed by atoms with Gasteiger partial charge in [-0.25, -0.2) is 22.6 Å². The fraction of sp³-hybridized carbons (Fsp3) is 0.412. The van der Waals surface area contributed by atoms with Crippen LogP contribution in [0.15, 0.2) is 24.3 Å². The Hall–Kier alpha value is -1.90. The van der Waals surface area contributed by atoms with Crippen molar-refractivity contribution in [2.45, 2.75) is 25.8 Å². The number of hydrogen-bond acceptors (Lipinski definition) is 5. The van der Waals surface area contributed by atoms with Crippen LogP contribution in [0.2, 0.25) is 5.02 Å². The van der Waals surface area contributed by atoms with Crippen LogP contribution in [-0.2, 0) is 10.0 Å². The third kappa shape index (κ3) is 3.13. The molecule has 0 radical (unpaired) electrons. The summed E-state index contributed by atoms with van der Waals surface area (Å²) in [6, 6.07) is 7.96. The van der Waals surface area contributed by atoms with Gasteiger partial charge >= 0.3 is 0 Å². The van der Waals surface area contributed by atoms with E-state index in [9.17, 15) is 8.42 Å². The third-order valence-electron chi connectivity index (χ3n) is 4.72. The van der Waals surface area contributed by atoms with Crippen molar-refractivity contribution >= 4 is 44.0 Å². The average molecular weight is 394 g/mol. The van der Waals surface area contributed by atoms with E-state index >= 15 is 0 Å². The molecule has 1 N–H and O–H groups in total. The average Bonchev–Trinajstić information content (AvgIpc) is 2.89. The van der Waals surface area contributed by atoms with Gasteiger partial charge in [0, 0.05) is 24.5 Å². The minimum atomic E-state index is -3.19. The normalized spacial score (nSPS) is 16.7. The van der Waals surface area contributed by atoms with Crippen LogP contribution in [-0.4, -0.2) is 48.4 Å². The molecule has 3 aromatic rings. The molecule has 4 rings (SSSR count).